The third-order valence-electron chi connectivity index (χ3n) is 3.13. The maximum Gasteiger partial charge on any atom is 0.251 e. The Kier molecular flexibility index (Phi) is 4.96. The minimum Gasteiger partial charge on any atom is -0.345 e. The Morgan fingerprint density at radius 2 is 1.81 bits per heavy atom. The molecule has 1 amide bonds. The van der Waals surface area contributed by atoms with Crippen molar-refractivity contribution in [3.63, 3.8) is 0 Å². The van der Waals surface area contributed by atoms with Crippen molar-refractivity contribution >= 4 is 17.7 Å². The number of hydrogen-bond acceptors (Lipinski definition) is 2. The van der Waals surface area contributed by atoms with E-state index in [0.29, 0.717) is 5.56 Å². The van der Waals surface area contributed by atoms with Crippen molar-refractivity contribution in [1.82, 2.24) is 5.32 Å². The molecule has 0 heterocycles. The lowest BCUT2D eigenvalue weighted by atomic mass is 10.1. The van der Waals surface area contributed by atoms with Crippen molar-refractivity contribution in [2.45, 2.75) is 17.9 Å². The first kappa shape index (κ1) is 15.5. The van der Waals surface area contributed by atoms with E-state index in [-0.39, 0.29) is 11.5 Å². The lowest BCUT2D eigenvalue weighted by Gasteiger charge is -2.15. The molecule has 0 aliphatic heterocycles. The SMILES string of the molecule is CSc1ccc(C(=O)N[C@@H](C)c2ccc(F)cc2F)cc1. The first-order chi connectivity index (χ1) is 10.0. The summed E-state index contributed by atoms with van der Waals surface area (Å²) in [5.41, 5.74) is 0.757. The van der Waals surface area contributed by atoms with Gasteiger partial charge in [0.25, 0.3) is 5.91 Å². The summed E-state index contributed by atoms with van der Waals surface area (Å²) in [5, 5.41) is 2.70. The highest BCUT2D eigenvalue weighted by Gasteiger charge is 2.15. The Morgan fingerprint density at radius 3 is 2.38 bits per heavy atom. The molecule has 0 fully saturated rings. The van der Waals surface area contributed by atoms with Crippen LogP contribution in [0.5, 0.6) is 0 Å². The number of nitrogens with one attached hydrogen (secondary N) is 1. The predicted octanol–water partition coefficient (Wildman–Crippen LogP) is 4.18. The fraction of sp³-hybridized carbons (Fsp3) is 0.188. The molecule has 2 aromatic rings. The molecule has 1 N–H and O–H groups in total. The second-order valence-corrected chi connectivity index (χ2v) is 5.47. The molecule has 2 aromatic carbocycles. The molecule has 110 valence electrons. The number of carbonyl (C=O) groups is 1. The Morgan fingerprint density at radius 1 is 1.14 bits per heavy atom. The highest BCUT2D eigenvalue weighted by molar-refractivity contribution is 7.98. The average Bonchev–Trinajstić information content (AvgIpc) is 2.47. The third-order valence-corrected chi connectivity index (χ3v) is 3.87. The lowest BCUT2D eigenvalue weighted by molar-refractivity contribution is 0.0939. The zero-order valence-corrected chi connectivity index (χ0v) is 12.5. The highest BCUT2D eigenvalue weighted by atomic mass is 32.2. The minimum atomic E-state index is -0.666. The van der Waals surface area contributed by atoms with E-state index < -0.39 is 17.7 Å². The molecule has 2 nitrogen and oxygen atoms in total. The summed E-state index contributed by atoms with van der Waals surface area (Å²) >= 11 is 1.59. The number of rotatable bonds is 4. The smallest absolute Gasteiger partial charge is 0.251 e. The van der Waals surface area contributed by atoms with E-state index >= 15 is 0 Å². The molecule has 0 aliphatic carbocycles. The molecule has 2 rings (SSSR count). The normalized spacial score (nSPS) is 12.0. The van der Waals surface area contributed by atoms with Crippen LogP contribution in [-0.2, 0) is 0 Å². The van der Waals surface area contributed by atoms with Crippen LogP contribution in [0.1, 0.15) is 28.9 Å². The van der Waals surface area contributed by atoms with Gasteiger partial charge in [-0.2, -0.15) is 0 Å². The molecule has 0 aliphatic rings. The van der Waals surface area contributed by atoms with Gasteiger partial charge in [-0.25, -0.2) is 8.78 Å². The van der Waals surface area contributed by atoms with Crippen LogP contribution in [0.4, 0.5) is 8.78 Å². The summed E-state index contributed by atoms with van der Waals surface area (Å²) < 4.78 is 26.5. The summed E-state index contributed by atoms with van der Waals surface area (Å²) in [5.74, 6) is -1.60. The van der Waals surface area contributed by atoms with E-state index in [1.165, 1.54) is 12.1 Å². The van der Waals surface area contributed by atoms with E-state index in [1.807, 2.05) is 18.4 Å². The predicted molar refractivity (Wildman–Crippen MR) is 80.5 cm³/mol. The van der Waals surface area contributed by atoms with Crippen LogP contribution in [-0.4, -0.2) is 12.2 Å². The summed E-state index contributed by atoms with van der Waals surface area (Å²) in [6.45, 7) is 1.66. The molecule has 1 atom stereocenters. The van der Waals surface area contributed by atoms with E-state index in [1.54, 1.807) is 30.8 Å². The summed E-state index contributed by atoms with van der Waals surface area (Å²) in [6.07, 6.45) is 1.95. The lowest BCUT2D eigenvalue weighted by Crippen LogP contribution is -2.27. The second-order valence-electron chi connectivity index (χ2n) is 4.59. The van der Waals surface area contributed by atoms with Crippen molar-refractivity contribution in [2.75, 3.05) is 6.26 Å². The van der Waals surface area contributed by atoms with Crippen LogP contribution >= 0.6 is 11.8 Å². The Labute approximate surface area is 126 Å². The van der Waals surface area contributed by atoms with Gasteiger partial charge < -0.3 is 5.32 Å². The summed E-state index contributed by atoms with van der Waals surface area (Å²) in [7, 11) is 0. The minimum absolute atomic E-state index is 0.255. The summed E-state index contributed by atoms with van der Waals surface area (Å²) in [4.78, 5) is 13.2. The highest BCUT2D eigenvalue weighted by Crippen LogP contribution is 2.19. The fourth-order valence-corrected chi connectivity index (χ4v) is 2.36. The molecule has 0 saturated carbocycles. The second kappa shape index (κ2) is 6.72. The Balaban J connectivity index is 2.10. The largest absolute Gasteiger partial charge is 0.345 e. The first-order valence-corrected chi connectivity index (χ1v) is 7.63. The number of halogens is 2. The number of benzene rings is 2. The van der Waals surface area contributed by atoms with Gasteiger partial charge in [0.1, 0.15) is 11.6 Å². The first-order valence-electron chi connectivity index (χ1n) is 6.41. The maximum atomic E-state index is 13.7. The van der Waals surface area contributed by atoms with Gasteiger partial charge in [0.2, 0.25) is 0 Å². The van der Waals surface area contributed by atoms with Crippen molar-refractivity contribution in [1.29, 1.82) is 0 Å². The van der Waals surface area contributed by atoms with Gasteiger partial charge in [-0.05, 0) is 43.5 Å². The van der Waals surface area contributed by atoms with Crippen LogP contribution in [0.3, 0.4) is 0 Å². The van der Waals surface area contributed by atoms with Crippen LogP contribution in [0.25, 0.3) is 0 Å². The maximum absolute atomic E-state index is 13.7. The zero-order chi connectivity index (χ0) is 15.4. The van der Waals surface area contributed by atoms with Crippen molar-refractivity contribution in [2.24, 2.45) is 0 Å². The number of hydrogen-bond donors (Lipinski definition) is 1. The summed E-state index contributed by atoms with van der Waals surface area (Å²) in [6, 6.07) is 9.92. The molecule has 0 spiro atoms. The monoisotopic (exact) mass is 307 g/mol. The quantitative estimate of drug-likeness (QED) is 0.859. The zero-order valence-electron chi connectivity index (χ0n) is 11.7. The van der Waals surface area contributed by atoms with Crippen LogP contribution in [0, 0.1) is 11.6 Å². The molecule has 0 bridgehead atoms. The standard InChI is InChI=1S/C16H15F2NOS/c1-10(14-8-5-12(17)9-15(14)18)19-16(20)11-3-6-13(21-2)7-4-11/h3-10H,1-2H3,(H,19,20)/t10-/m0/s1. The van der Waals surface area contributed by atoms with Gasteiger partial charge in [-0.15, -0.1) is 11.8 Å². The number of thioether (sulfide) groups is 1. The van der Waals surface area contributed by atoms with Gasteiger partial charge in [0.15, 0.2) is 0 Å². The van der Waals surface area contributed by atoms with E-state index in [9.17, 15) is 13.6 Å². The van der Waals surface area contributed by atoms with E-state index in [2.05, 4.69) is 5.32 Å². The molecular weight excluding hydrogens is 292 g/mol. The van der Waals surface area contributed by atoms with Crippen LogP contribution < -0.4 is 5.32 Å². The Hall–Kier alpha value is -1.88. The molecular formula is C16H15F2NOS. The van der Waals surface area contributed by atoms with Gasteiger partial charge in [-0.3, -0.25) is 4.79 Å². The van der Waals surface area contributed by atoms with E-state index in [0.717, 1.165) is 11.0 Å². The van der Waals surface area contributed by atoms with E-state index in [4.69, 9.17) is 0 Å². The third kappa shape index (κ3) is 3.82. The molecule has 21 heavy (non-hydrogen) atoms. The molecule has 0 unspecified atom stereocenters. The fourth-order valence-electron chi connectivity index (χ4n) is 1.95. The Bertz CT molecular complexity index is 643. The molecule has 0 aromatic heterocycles. The molecule has 0 saturated heterocycles. The van der Waals surface area contributed by atoms with Crippen LogP contribution in [0.2, 0.25) is 0 Å². The van der Waals surface area contributed by atoms with Gasteiger partial charge >= 0.3 is 0 Å². The average molecular weight is 307 g/mol. The number of carbonyl (C=O) groups excluding carboxylic acids is 1. The number of amides is 1. The van der Waals surface area contributed by atoms with Gasteiger partial charge in [0.05, 0.1) is 6.04 Å². The van der Waals surface area contributed by atoms with Crippen molar-refractivity contribution in [3.05, 3.63) is 65.2 Å². The van der Waals surface area contributed by atoms with Gasteiger partial charge in [0, 0.05) is 22.1 Å². The topological polar surface area (TPSA) is 29.1 Å². The molecule has 0 radical (unpaired) electrons. The van der Waals surface area contributed by atoms with Gasteiger partial charge in [-0.1, -0.05) is 6.07 Å². The van der Waals surface area contributed by atoms with Crippen molar-refractivity contribution in [3.8, 4) is 0 Å². The van der Waals surface area contributed by atoms with Crippen LogP contribution in [0.15, 0.2) is 47.4 Å². The molecule has 5 heteroatoms. The van der Waals surface area contributed by atoms with Crippen molar-refractivity contribution < 1.29 is 13.6 Å².